The fraction of sp³-hybridized carbons (Fsp3) is 0.0625. The molecular weight excluding hydrogens is 270 g/mol. The van der Waals surface area contributed by atoms with Crippen LogP contribution in [0, 0.1) is 0 Å². The molecule has 0 aliphatic heterocycles. The van der Waals surface area contributed by atoms with Crippen molar-refractivity contribution >= 4 is 33.5 Å². The summed E-state index contributed by atoms with van der Waals surface area (Å²) >= 11 is 6.06. The lowest BCUT2D eigenvalue weighted by Crippen LogP contribution is -1.92. The molecule has 0 saturated heterocycles. The molecule has 0 amide bonds. The second-order valence-electron chi connectivity index (χ2n) is 4.89. The van der Waals surface area contributed by atoms with Gasteiger partial charge in [0.2, 0.25) is 0 Å². The maximum absolute atomic E-state index is 6.06. The van der Waals surface area contributed by atoms with Gasteiger partial charge in [0.25, 0.3) is 0 Å². The third kappa shape index (κ3) is 1.63. The van der Waals surface area contributed by atoms with Crippen LogP contribution in [0.4, 0.5) is 0 Å². The van der Waals surface area contributed by atoms with E-state index in [-0.39, 0.29) is 0 Å². The van der Waals surface area contributed by atoms with Gasteiger partial charge in [-0.05, 0) is 36.4 Å². The second-order valence-corrected chi connectivity index (χ2v) is 5.33. The van der Waals surface area contributed by atoms with Crippen molar-refractivity contribution in [2.75, 3.05) is 0 Å². The minimum atomic E-state index is 0.749. The number of nitrogens with zero attached hydrogens (tertiary/aromatic N) is 2. The van der Waals surface area contributed by atoms with Gasteiger partial charge in [-0.25, -0.2) is 4.98 Å². The number of hydrogen-bond acceptors (Lipinski definition) is 1. The van der Waals surface area contributed by atoms with Crippen LogP contribution in [0.15, 0.2) is 48.5 Å². The van der Waals surface area contributed by atoms with E-state index in [1.54, 1.807) is 0 Å². The number of hydrogen-bond donors (Lipinski definition) is 1. The Kier molecular flexibility index (Phi) is 2.38. The molecule has 2 aromatic carbocycles. The molecule has 3 nitrogen and oxygen atoms in total. The number of halogens is 1. The van der Waals surface area contributed by atoms with E-state index in [1.165, 1.54) is 0 Å². The van der Waals surface area contributed by atoms with Crippen molar-refractivity contribution in [3.05, 3.63) is 53.6 Å². The van der Waals surface area contributed by atoms with Gasteiger partial charge in [-0.15, -0.1) is 0 Å². The van der Waals surface area contributed by atoms with Crippen LogP contribution >= 0.6 is 11.6 Å². The highest BCUT2D eigenvalue weighted by Crippen LogP contribution is 2.28. The SMILES string of the molecule is Cn1c(-c2nc3ccccc3[nH]2)cc2cc(Cl)ccc21. The van der Waals surface area contributed by atoms with Crippen molar-refractivity contribution < 1.29 is 0 Å². The summed E-state index contributed by atoms with van der Waals surface area (Å²) in [6.07, 6.45) is 0. The zero-order valence-electron chi connectivity index (χ0n) is 10.9. The summed E-state index contributed by atoms with van der Waals surface area (Å²) in [6.45, 7) is 0. The van der Waals surface area contributed by atoms with Crippen LogP contribution in [0.25, 0.3) is 33.5 Å². The van der Waals surface area contributed by atoms with Crippen molar-refractivity contribution in [1.29, 1.82) is 0 Å². The minimum absolute atomic E-state index is 0.749. The Bertz CT molecular complexity index is 900. The van der Waals surface area contributed by atoms with Crippen LogP contribution in [0.1, 0.15) is 0 Å². The van der Waals surface area contributed by atoms with Gasteiger partial charge >= 0.3 is 0 Å². The number of nitrogens with one attached hydrogen (secondary N) is 1. The Labute approximate surface area is 120 Å². The number of H-pyrrole nitrogens is 1. The molecule has 1 N–H and O–H groups in total. The summed E-state index contributed by atoms with van der Waals surface area (Å²) in [5.41, 5.74) is 4.22. The first kappa shape index (κ1) is 11.6. The molecule has 98 valence electrons. The first-order valence-corrected chi connectivity index (χ1v) is 6.80. The summed E-state index contributed by atoms with van der Waals surface area (Å²) in [7, 11) is 2.04. The first-order chi connectivity index (χ1) is 9.72. The molecule has 4 rings (SSSR count). The fourth-order valence-electron chi connectivity index (χ4n) is 2.62. The molecule has 2 aromatic heterocycles. The van der Waals surface area contributed by atoms with E-state index in [0.29, 0.717) is 0 Å². The molecule has 20 heavy (non-hydrogen) atoms. The predicted octanol–water partition coefficient (Wildman–Crippen LogP) is 4.38. The van der Waals surface area contributed by atoms with Crippen molar-refractivity contribution in [2.45, 2.75) is 0 Å². The Morgan fingerprint density at radius 2 is 1.95 bits per heavy atom. The quantitative estimate of drug-likeness (QED) is 0.552. The summed E-state index contributed by atoms with van der Waals surface area (Å²) < 4.78 is 2.13. The molecule has 0 saturated carbocycles. The fourth-order valence-corrected chi connectivity index (χ4v) is 2.80. The predicted molar refractivity (Wildman–Crippen MR) is 83.0 cm³/mol. The lowest BCUT2D eigenvalue weighted by molar-refractivity contribution is 0.966. The third-order valence-corrected chi connectivity index (χ3v) is 3.87. The monoisotopic (exact) mass is 281 g/mol. The Morgan fingerprint density at radius 3 is 2.80 bits per heavy atom. The second kappa shape index (κ2) is 4.12. The molecule has 2 heterocycles. The van der Waals surface area contributed by atoms with Gasteiger partial charge in [-0.3, -0.25) is 0 Å². The Morgan fingerprint density at radius 1 is 1.10 bits per heavy atom. The number of benzene rings is 2. The maximum atomic E-state index is 6.06. The average Bonchev–Trinajstić information content (AvgIpc) is 3.00. The van der Waals surface area contributed by atoms with E-state index in [1.807, 2.05) is 49.5 Å². The van der Waals surface area contributed by atoms with Crippen LogP contribution in [-0.2, 0) is 7.05 Å². The number of imidazole rings is 1. The Hall–Kier alpha value is -2.26. The number of aryl methyl sites for hydroxylation is 1. The van der Waals surface area contributed by atoms with Gasteiger partial charge in [0.1, 0.15) is 0 Å². The first-order valence-electron chi connectivity index (χ1n) is 6.42. The van der Waals surface area contributed by atoms with Gasteiger partial charge in [-0.1, -0.05) is 23.7 Å². The summed E-state index contributed by atoms with van der Waals surface area (Å²) in [4.78, 5) is 8.02. The molecule has 0 atom stereocenters. The van der Waals surface area contributed by atoms with Gasteiger partial charge in [-0.2, -0.15) is 0 Å². The smallest absolute Gasteiger partial charge is 0.155 e. The van der Waals surface area contributed by atoms with Gasteiger partial charge in [0, 0.05) is 23.0 Å². The van der Waals surface area contributed by atoms with E-state index in [2.05, 4.69) is 20.6 Å². The van der Waals surface area contributed by atoms with Crippen LogP contribution in [0.3, 0.4) is 0 Å². The zero-order chi connectivity index (χ0) is 13.7. The van der Waals surface area contributed by atoms with E-state index < -0.39 is 0 Å². The lowest BCUT2D eigenvalue weighted by Gasteiger charge is -2.00. The number of para-hydroxylation sites is 2. The standard InChI is InChI=1S/C16H12ClN3/c1-20-14-7-6-11(17)8-10(14)9-15(20)16-18-12-4-2-3-5-13(12)19-16/h2-9H,1H3,(H,18,19). The van der Waals surface area contributed by atoms with Crippen molar-refractivity contribution in [3.8, 4) is 11.5 Å². The lowest BCUT2D eigenvalue weighted by atomic mass is 10.2. The number of fused-ring (bicyclic) bond motifs is 2. The molecule has 0 unspecified atom stereocenters. The molecule has 0 radical (unpaired) electrons. The number of aromatic amines is 1. The zero-order valence-corrected chi connectivity index (χ0v) is 11.6. The molecule has 4 heteroatoms. The largest absolute Gasteiger partial charge is 0.341 e. The summed E-state index contributed by atoms with van der Waals surface area (Å²) in [5, 5.41) is 1.87. The van der Waals surface area contributed by atoms with E-state index in [0.717, 1.165) is 38.5 Å². The van der Waals surface area contributed by atoms with E-state index in [4.69, 9.17) is 11.6 Å². The van der Waals surface area contributed by atoms with Crippen LogP contribution in [0.2, 0.25) is 5.02 Å². The molecular formula is C16H12ClN3. The molecule has 0 spiro atoms. The van der Waals surface area contributed by atoms with Crippen LogP contribution < -0.4 is 0 Å². The summed E-state index contributed by atoms with van der Waals surface area (Å²) in [6, 6.07) is 16.1. The van der Waals surface area contributed by atoms with E-state index >= 15 is 0 Å². The molecule has 4 aromatic rings. The normalized spacial score (nSPS) is 11.5. The highest BCUT2D eigenvalue weighted by Gasteiger charge is 2.11. The topological polar surface area (TPSA) is 33.6 Å². The number of aromatic nitrogens is 3. The van der Waals surface area contributed by atoms with Crippen molar-refractivity contribution in [2.24, 2.45) is 7.05 Å². The third-order valence-electron chi connectivity index (χ3n) is 3.64. The maximum Gasteiger partial charge on any atom is 0.155 e. The van der Waals surface area contributed by atoms with Gasteiger partial charge in [0.05, 0.1) is 16.7 Å². The van der Waals surface area contributed by atoms with Crippen LogP contribution in [-0.4, -0.2) is 14.5 Å². The highest BCUT2D eigenvalue weighted by molar-refractivity contribution is 6.31. The molecule has 0 aliphatic rings. The molecule has 0 fully saturated rings. The minimum Gasteiger partial charge on any atom is -0.341 e. The van der Waals surface area contributed by atoms with Crippen molar-refractivity contribution in [1.82, 2.24) is 14.5 Å². The van der Waals surface area contributed by atoms with Gasteiger partial charge in [0.15, 0.2) is 5.82 Å². The average molecular weight is 282 g/mol. The highest BCUT2D eigenvalue weighted by atomic mass is 35.5. The number of rotatable bonds is 1. The van der Waals surface area contributed by atoms with E-state index in [9.17, 15) is 0 Å². The van der Waals surface area contributed by atoms with Crippen molar-refractivity contribution in [3.63, 3.8) is 0 Å². The van der Waals surface area contributed by atoms with Crippen LogP contribution in [0.5, 0.6) is 0 Å². The molecule has 0 aliphatic carbocycles. The summed E-state index contributed by atoms with van der Waals surface area (Å²) in [5.74, 6) is 0.876. The molecule has 0 bridgehead atoms. The Balaban J connectivity index is 1.99. The van der Waals surface area contributed by atoms with Gasteiger partial charge < -0.3 is 9.55 Å².